The molecule has 0 amide bonds. The van der Waals surface area contributed by atoms with Crippen molar-refractivity contribution in [2.75, 3.05) is 26.4 Å². The number of aliphatic hydroxyl groups excluding tert-OH is 1. The fourth-order valence-corrected chi connectivity index (χ4v) is 1.71. The van der Waals surface area contributed by atoms with Gasteiger partial charge in [0.25, 0.3) is 0 Å². The van der Waals surface area contributed by atoms with Crippen LogP contribution < -0.4 is 0 Å². The molecule has 0 atom stereocenters. The van der Waals surface area contributed by atoms with Gasteiger partial charge in [-0.15, -0.1) is 0 Å². The van der Waals surface area contributed by atoms with E-state index in [-0.39, 0.29) is 51.2 Å². The highest BCUT2D eigenvalue weighted by Gasteiger charge is 2.23. The van der Waals surface area contributed by atoms with Gasteiger partial charge in [-0.05, 0) is 19.8 Å². The molecule has 1 N–H and O–H groups in total. The maximum atomic E-state index is 11.8. The summed E-state index contributed by atoms with van der Waals surface area (Å²) in [6.45, 7) is 12.7. The van der Waals surface area contributed by atoms with E-state index in [1.165, 1.54) is 0 Å². The second-order valence-corrected chi connectivity index (χ2v) is 8.37. The first-order valence-electron chi connectivity index (χ1n) is 9.13. The highest BCUT2D eigenvalue weighted by atomic mass is 16.5. The Kier molecular flexibility index (Phi) is 10.9. The Morgan fingerprint density at radius 3 is 1.63 bits per heavy atom. The van der Waals surface area contributed by atoms with Crippen LogP contribution in [0.5, 0.6) is 0 Å². The summed E-state index contributed by atoms with van der Waals surface area (Å²) in [5, 5.41) is 9.10. The van der Waals surface area contributed by atoms with Gasteiger partial charge in [0.2, 0.25) is 0 Å². The van der Waals surface area contributed by atoms with Crippen LogP contribution in [0.4, 0.5) is 0 Å². The number of hydrogen-bond acceptors (Lipinski definition) is 7. The van der Waals surface area contributed by atoms with Gasteiger partial charge >= 0.3 is 17.9 Å². The number of ether oxygens (including phenoxy) is 3. The van der Waals surface area contributed by atoms with Crippen LogP contribution >= 0.6 is 0 Å². The highest BCUT2D eigenvalue weighted by molar-refractivity contribution is 5.86. The lowest BCUT2D eigenvalue weighted by molar-refractivity contribution is -0.151. The molecule has 0 aliphatic carbocycles. The molecule has 0 aromatic carbocycles. The minimum absolute atomic E-state index is 0.0606. The van der Waals surface area contributed by atoms with Crippen LogP contribution in [-0.2, 0) is 28.6 Å². The van der Waals surface area contributed by atoms with Crippen LogP contribution in [0.3, 0.4) is 0 Å². The average Bonchev–Trinajstić information content (AvgIpc) is 2.60. The first-order chi connectivity index (χ1) is 12.4. The van der Waals surface area contributed by atoms with E-state index in [1.54, 1.807) is 20.8 Å². The Labute approximate surface area is 162 Å². The molecule has 0 radical (unpaired) electrons. The lowest BCUT2D eigenvalue weighted by atomic mass is 9.96. The summed E-state index contributed by atoms with van der Waals surface area (Å²) in [6, 6.07) is 0. The zero-order valence-corrected chi connectivity index (χ0v) is 17.3. The van der Waals surface area contributed by atoms with Gasteiger partial charge in [0.05, 0.1) is 26.4 Å². The standard InChI is InChI=1S/C20H34O7/c1-15(2)18(24)27-14-20(5,6)13-26-17(23)10-8-7-9-16(22)25-12-19(3,4)11-21/h21H,1,7-14H2,2-6H3. The molecule has 0 rings (SSSR count). The van der Waals surface area contributed by atoms with Crippen LogP contribution in [0.1, 0.15) is 60.3 Å². The van der Waals surface area contributed by atoms with Crippen LogP contribution in [-0.4, -0.2) is 49.4 Å². The number of hydrogen-bond donors (Lipinski definition) is 1. The molecule has 0 unspecified atom stereocenters. The Balaban J connectivity index is 3.92. The zero-order chi connectivity index (χ0) is 21.1. The maximum Gasteiger partial charge on any atom is 0.333 e. The van der Waals surface area contributed by atoms with Crippen molar-refractivity contribution in [2.24, 2.45) is 10.8 Å². The van der Waals surface area contributed by atoms with Gasteiger partial charge in [0.1, 0.15) is 0 Å². The third kappa shape index (κ3) is 13.0. The highest BCUT2D eigenvalue weighted by Crippen LogP contribution is 2.18. The van der Waals surface area contributed by atoms with E-state index in [1.807, 2.05) is 13.8 Å². The van der Waals surface area contributed by atoms with Crippen molar-refractivity contribution >= 4 is 17.9 Å². The number of unbranched alkanes of at least 4 members (excludes halogenated alkanes) is 1. The Morgan fingerprint density at radius 2 is 1.22 bits per heavy atom. The topological polar surface area (TPSA) is 99.1 Å². The van der Waals surface area contributed by atoms with Gasteiger partial charge in [0.15, 0.2) is 0 Å². The fourth-order valence-electron chi connectivity index (χ4n) is 1.71. The second kappa shape index (κ2) is 11.7. The number of rotatable bonds is 13. The number of carbonyl (C=O) groups excluding carboxylic acids is 3. The van der Waals surface area contributed by atoms with Gasteiger partial charge in [0, 0.05) is 29.2 Å². The van der Waals surface area contributed by atoms with Gasteiger partial charge in [-0.2, -0.15) is 0 Å². The molecule has 0 fully saturated rings. The molecule has 27 heavy (non-hydrogen) atoms. The smallest absolute Gasteiger partial charge is 0.333 e. The van der Waals surface area contributed by atoms with Gasteiger partial charge in [-0.3, -0.25) is 9.59 Å². The van der Waals surface area contributed by atoms with E-state index in [0.29, 0.717) is 18.4 Å². The van der Waals surface area contributed by atoms with Crippen LogP contribution in [0.25, 0.3) is 0 Å². The summed E-state index contributed by atoms with van der Waals surface area (Å²) in [7, 11) is 0. The lowest BCUT2D eigenvalue weighted by Crippen LogP contribution is -2.28. The molecule has 7 heteroatoms. The molecule has 0 aromatic rings. The zero-order valence-electron chi connectivity index (χ0n) is 17.3. The molecular weight excluding hydrogens is 352 g/mol. The van der Waals surface area contributed by atoms with E-state index in [9.17, 15) is 14.4 Å². The molecule has 0 heterocycles. The van der Waals surface area contributed by atoms with Gasteiger partial charge in [-0.1, -0.05) is 34.3 Å². The van der Waals surface area contributed by atoms with Crippen molar-refractivity contribution in [3.63, 3.8) is 0 Å². The lowest BCUT2D eigenvalue weighted by Gasteiger charge is -2.23. The van der Waals surface area contributed by atoms with Crippen molar-refractivity contribution < 1.29 is 33.7 Å². The predicted octanol–water partition coefficient (Wildman–Crippen LogP) is 2.80. The molecule has 0 aliphatic heterocycles. The molecule has 156 valence electrons. The Hall–Kier alpha value is -1.89. The summed E-state index contributed by atoms with van der Waals surface area (Å²) >= 11 is 0. The Bertz CT molecular complexity index is 520. The predicted molar refractivity (Wildman–Crippen MR) is 101 cm³/mol. The molecule has 0 saturated heterocycles. The van der Waals surface area contributed by atoms with Crippen molar-refractivity contribution in [3.05, 3.63) is 12.2 Å². The molecule has 0 aromatic heterocycles. The van der Waals surface area contributed by atoms with Crippen molar-refractivity contribution in [1.29, 1.82) is 0 Å². The summed E-state index contributed by atoms with van der Waals surface area (Å²) in [6.07, 6.45) is 1.46. The van der Waals surface area contributed by atoms with Crippen molar-refractivity contribution in [2.45, 2.75) is 60.3 Å². The maximum absolute atomic E-state index is 11.8. The van der Waals surface area contributed by atoms with Crippen molar-refractivity contribution in [1.82, 2.24) is 0 Å². The number of aliphatic hydroxyl groups is 1. The minimum atomic E-state index is -0.496. The van der Waals surface area contributed by atoms with E-state index in [0.717, 1.165) is 0 Å². The summed E-state index contributed by atoms with van der Waals surface area (Å²) in [5.41, 5.74) is -0.629. The third-order valence-corrected chi connectivity index (χ3v) is 3.63. The van der Waals surface area contributed by atoms with Crippen molar-refractivity contribution in [3.8, 4) is 0 Å². The van der Waals surface area contributed by atoms with Gasteiger partial charge in [-0.25, -0.2) is 4.79 Å². The van der Waals surface area contributed by atoms with Crippen LogP contribution in [0.2, 0.25) is 0 Å². The molecule has 0 spiro atoms. The average molecular weight is 386 g/mol. The van der Waals surface area contributed by atoms with E-state index in [2.05, 4.69) is 6.58 Å². The summed E-state index contributed by atoms with van der Waals surface area (Å²) < 4.78 is 15.4. The van der Waals surface area contributed by atoms with E-state index >= 15 is 0 Å². The van der Waals surface area contributed by atoms with E-state index in [4.69, 9.17) is 19.3 Å². The summed E-state index contributed by atoms with van der Waals surface area (Å²) in [4.78, 5) is 34.8. The second-order valence-electron chi connectivity index (χ2n) is 8.37. The molecule has 0 bridgehead atoms. The fraction of sp³-hybridized carbons (Fsp3) is 0.750. The third-order valence-electron chi connectivity index (χ3n) is 3.63. The number of carbonyl (C=O) groups is 3. The van der Waals surface area contributed by atoms with Crippen LogP contribution in [0, 0.1) is 10.8 Å². The largest absolute Gasteiger partial charge is 0.465 e. The molecule has 0 aliphatic rings. The first kappa shape index (κ1) is 25.1. The quantitative estimate of drug-likeness (QED) is 0.225. The first-order valence-corrected chi connectivity index (χ1v) is 9.13. The molecule has 7 nitrogen and oxygen atoms in total. The molecular formula is C20H34O7. The SMILES string of the molecule is C=C(C)C(=O)OCC(C)(C)COC(=O)CCCCC(=O)OCC(C)(C)CO. The van der Waals surface area contributed by atoms with Crippen LogP contribution in [0.15, 0.2) is 12.2 Å². The monoisotopic (exact) mass is 386 g/mol. The van der Waals surface area contributed by atoms with Gasteiger partial charge < -0.3 is 19.3 Å². The Morgan fingerprint density at radius 1 is 0.815 bits per heavy atom. The van der Waals surface area contributed by atoms with E-state index < -0.39 is 16.8 Å². The normalized spacial score (nSPS) is 11.6. The summed E-state index contributed by atoms with van der Waals surface area (Å²) in [5.74, 6) is -1.17. The molecule has 0 saturated carbocycles. The minimum Gasteiger partial charge on any atom is -0.465 e. The number of esters is 3.